The highest BCUT2D eigenvalue weighted by molar-refractivity contribution is 6.01. The number of hydrogen-bond acceptors (Lipinski definition) is 2. The van der Waals surface area contributed by atoms with E-state index in [4.69, 9.17) is 0 Å². The van der Waals surface area contributed by atoms with Gasteiger partial charge in [0.05, 0.1) is 17.2 Å². The van der Waals surface area contributed by atoms with Crippen LogP contribution in [0, 0.1) is 12.8 Å². The molecule has 1 aromatic rings. The van der Waals surface area contributed by atoms with Crippen LogP contribution >= 0.6 is 0 Å². The van der Waals surface area contributed by atoms with Gasteiger partial charge in [-0.3, -0.25) is 4.79 Å². The molecule has 3 nitrogen and oxygen atoms in total. The van der Waals surface area contributed by atoms with Crippen molar-refractivity contribution in [3.05, 3.63) is 34.9 Å². The lowest BCUT2D eigenvalue weighted by Crippen LogP contribution is -2.44. The van der Waals surface area contributed by atoms with Crippen LogP contribution in [0.3, 0.4) is 0 Å². The van der Waals surface area contributed by atoms with Crippen LogP contribution < -0.4 is 5.32 Å². The molecule has 0 spiro atoms. The number of halogens is 3. The zero-order chi connectivity index (χ0) is 17.6. The van der Waals surface area contributed by atoms with E-state index in [0.717, 1.165) is 6.07 Å². The number of carbonyl (C=O) groups excluding carboxylic acids is 1. The summed E-state index contributed by atoms with van der Waals surface area (Å²) in [5, 5.41) is 3.10. The van der Waals surface area contributed by atoms with Gasteiger partial charge >= 0.3 is 6.18 Å². The molecular weight excluding hydrogens is 305 g/mol. The molecule has 0 aliphatic carbocycles. The van der Waals surface area contributed by atoms with Crippen LogP contribution in [0.1, 0.15) is 47.8 Å². The van der Waals surface area contributed by atoms with Crippen molar-refractivity contribution in [2.24, 2.45) is 0 Å². The molecule has 23 heavy (non-hydrogen) atoms. The van der Waals surface area contributed by atoms with E-state index in [1.165, 1.54) is 17.4 Å². The summed E-state index contributed by atoms with van der Waals surface area (Å²) in [5.41, 5.74) is -0.500. The molecule has 2 aliphatic heterocycles. The third-order valence-corrected chi connectivity index (χ3v) is 3.48. The van der Waals surface area contributed by atoms with Gasteiger partial charge in [0.25, 0.3) is 5.91 Å². The number of carbonyl (C=O) groups is 1. The summed E-state index contributed by atoms with van der Waals surface area (Å²) in [7, 11) is 0. The molecule has 1 amide bonds. The fourth-order valence-electron chi connectivity index (χ4n) is 2.69. The van der Waals surface area contributed by atoms with Crippen LogP contribution in [0.5, 0.6) is 0 Å². The van der Waals surface area contributed by atoms with Crippen molar-refractivity contribution in [3.63, 3.8) is 0 Å². The summed E-state index contributed by atoms with van der Waals surface area (Å²) < 4.78 is 38.7. The summed E-state index contributed by atoms with van der Waals surface area (Å²) in [5.74, 6) is -0.496. The zero-order valence-corrected chi connectivity index (χ0v) is 13.3. The summed E-state index contributed by atoms with van der Waals surface area (Å²) in [4.78, 5) is 13.6. The maximum atomic E-state index is 12.9. The van der Waals surface area contributed by atoms with E-state index < -0.39 is 17.6 Å². The Bertz CT molecular complexity index is 567. The quantitative estimate of drug-likeness (QED) is 0.741. The molecule has 0 radical (unpaired) electrons. The molecule has 1 N–H and O–H groups in total. The Labute approximate surface area is 134 Å². The summed E-state index contributed by atoms with van der Waals surface area (Å²) in [6.07, 6.45) is 4.77. The molecule has 1 saturated heterocycles. The van der Waals surface area contributed by atoms with E-state index >= 15 is 0 Å². The number of amides is 1. The van der Waals surface area contributed by atoms with Crippen molar-refractivity contribution in [2.45, 2.75) is 32.5 Å². The molecule has 6 heteroatoms. The summed E-state index contributed by atoms with van der Waals surface area (Å²) in [6.45, 7) is 5.84. The van der Waals surface area contributed by atoms with Crippen molar-refractivity contribution in [1.29, 1.82) is 0 Å². The van der Waals surface area contributed by atoms with Gasteiger partial charge in [0.1, 0.15) is 0 Å². The van der Waals surface area contributed by atoms with E-state index in [2.05, 4.69) is 32.0 Å². The summed E-state index contributed by atoms with van der Waals surface area (Å²) in [6, 6.07) is 3.69. The van der Waals surface area contributed by atoms with Crippen LogP contribution in [-0.2, 0) is 6.18 Å². The van der Waals surface area contributed by atoms with E-state index in [0.29, 0.717) is 25.2 Å². The maximum absolute atomic E-state index is 12.9. The number of fused-ring (bicyclic) bond motifs is 3. The molecule has 1 fully saturated rings. The number of rotatable bonds is 0. The minimum Gasteiger partial charge on any atom is -0.329 e. The molecule has 126 valence electrons. The SMILES string of the molecule is C#C.CCC.O=C1c2c(cccc2C(F)(F)F)C2CNCCN12. The first-order valence-corrected chi connectivity index (χ1v) is 7.46. The van der Waals surface area contributed by atoms with Gasteiger partial charge in [-0.15, -0.1) is 12.8 Å². The molecule has 0 aromatic heterocycles. The Morgan fingerprint density at radius 2 is 1.91 bits per heavy atom. The lowest BCUT2D eigenvalue weighted by Gasteiger charge is -2.30. The molecule has 3 rings (SSSR count). The van der Waals surface area contributed by atoms with Crippen molar-refractivity contribution >= 4 is 5.91 Å². The second kappa shape index (κ2) is 8.02. The van der Waals surface area contributed by atoms with Crippen molar-refractivity contribution in [3.8, 4) is 12.8 Å². The van der Waals surface area contributed by atoms with Crippen molar-refractivity contribution in [1.82, 2.24) is 10.2 Å². The molecule has 0 saturated carbocycles. The van der Waals surface area contributed by atoms with E-state index in [1.807, 2.05) is 0 Å². The first-order chi connectivity index (χ1) is 10.9. The normalized spacial score (nSPS) is 18.8. The van der Waals surface area contributed by atoms with E-state index in [1.54, 1.807) is 6.07 Å². The molecule has 2 aliphatic rings. The fraction of sp³-hybridized carbons (Fsp3) is 0.471. The van der Waals surface area contributed by atoms with Crippen molar-refractivity contribution < 1.29 is 18.0 Å². The molecule has 1 aromatic carbocycles. The average Bonchev–Trinajstić information content (AvgIpc) is 2.83. The van der Waals surface area contributed by atoms with Gasteiger partial charge in [-0.2, -0.15) is 13.2 Å². The second-order valence-electron chi connectivity index (χ2n) is 5.19. The monoisotopic (exact) mass is 326 g/mol. The van der Waals surface area contributed by atoms with E-state index in [9.17, 15) is 18.0 Å². The average molecular weight is 326 g/mol. The summed E-state index contributed by atoms with van der Waals surface area (Å²) >= 11 is 0. The Morgan fingerprint density at radius 3 is 2.48 bits per heavy atom. The predicted molar refractivity (Wildman–Crippen MR) is 83.9 cm³/mol. The number of piperazine rings is 1. The predicted octanol–water partition coefficient (Wildman–Crippen LogP) is 3.47. The number of terminal acetylenes is 1. The lowest BCUT2D eigenvalue weighted by molar-refractivity contribution is -0.137. The third kappa shape index (κ3) is 3.85. The second-order valence-corrected chi connectivity index (χ2v) is 5.19. The standard InChI is InChI=1S/C12H11F3N2O.C3H8.C2H2/c13-12(14,15)8-3-1-2-7-9-6-16-4-5-17(9)11(18)10(7)8;1-3-2;1-2/h1-3,9,16H,4-6H2;3H2,1-2H3;1-2H. The topological polar surface area (TPSA) is 32.3 Å². The Hall–Kier alpha value is -2.00. The van der Waals surface area contributed by atoms with Gasteiger partial charge < -0.3 is 10.2 Å². The van der Waals surface area contributed by atoms with Crippen molar-refractivity contribution in [2.75, 3.05) is 19.6 Å². The molecule has 1 unspecified atom stereocenters. The minimum absolute atomic E-state index is 0.168. The Balaban J connectivity index is 0.000000477. The lowest BCUT2D eigenvalue weighted by atomic mass is 9.99. The number of benzene rings is 1. The molecular formula is C17H21F3N2O. The zero-order valence-electron chi connectivity index (χ0n) is 13.3. The van der Waals surface area contributed by atoms with Crippen LogP contribution in [0.25, 0.3) is 0 Å². The van der Waals surface area contributed by atoms with Gasteiger partial charge in [-0.05, 0) is 11.6 Å². The Kier molecular flexibility index (Phi) is 6.64. The fourth-order valence-corrected chi connectivity index (χ4v) is 2.69. The van der Waals surface area contributed by atoms with Crippen LogP contribution in [-0.4, -0.2) is 30.4 Å². The maximum Gasteiger partial charge on any atom is 0.417 e. The smallest absolute Gasteiger partial charge is 0.329 e. The molecule has 0 bridgehead atoms. The van der Waals surface area contributed by atoms with E-state index in [-0.39, 0.29) is 11.6 Å². The first-order valence-electron chi connectivity index (χ1n) is 7.46. The number of nitrogens with zero attached hydrogens (tertiary/aromatic N) is 1. The van der Waals surface area contributed by atoms with Crippen LogP contribution in [0.2, 0.25) is 0 Å². The molecule has 2 heterocycles. The third-order valence-electron chi connectivity index (χ3n) is 3.48. The highest BCUT2D eigenvalue weighted by Crippen LogP contribution is 2.41. The number of hydrogen-bond donors (Lipinski definition) is 1. The van der Waals surface area contributed by atoms with Gasteiger partial charge in [-0.1, -0.05) is 32.4 Å². The number of alkyl halides is 3. The van der Waals surface area contributed by atoms with Crippen LogP contribution in [0.15, 0.2) is 18.2 Å². The minimum atomic E-state index is -4.48. The number of nitrogens with one attached hydrogen (secondary N) is 1. The highest BCUT2D eigenvalue weighted by atomic mass is 19.4. The van der Waals surface area contributed by atoms with Gasteiger partial charge in [-0.25, -0.2) is 0 Å². The highest BCUT2D eigenvalue weighted by Gasteiger charge is 2.44. The van der Waals surface area contributed by atoms with Gasteiger partial charge in [0.2, 0.25) is 0 Å². The first kappa shape index (κ1) is 19.0. The molecule has 1 atom stereocenters. The Morgan fingerprint density at radius 1 is 1.30 bits per heavy atom. The largest absolute Gasteiger partial charge is 0.417 e. The van der Waals surface area contributed by atoms with Gasteiger partial charge in [0, 0.05) is 19.6 Å². The van der Waals surface area contributed by atoms with Gasteiger partial charge in [0.15, 0.2) is 0 Å². The van der Waals surface area contributed by atoms with Crippen LogP contribution in [0.4, 0.5) is 13.2 Å².